The van der Waals surface area contributed by atoms with Crippen molar-refractivity contribution in [1.29, 1.82) is 0 Å². The van der Waals surface area contributed by atoms with Crippen molar-refractivity contribution in [2.45, 2.75) is 45.7 Å². The van der Waals surface area contributed by atoms with Crippen LogP contribution in [0.3, 0.4) is 0 Å². The van der Waals surface area contributed by atoms with E-state index in [1.165, 1.54) is 4.90 Å². The Hall–Kier alpha value is -1.89. The van der Waals surface area contributed by atoms with E-state index < -0.39 is 5.97 Å². The molecule has 1 fully saturated rings. The second-order valence-corrected chi connectivity index (χ2v) is 5.85. The van der Waals surface area contributed by atoms with Crippen molar-refractivity contribution in [3.8, 4) is 0 Å². The maximum atomic E-state index is 12.6. The minimum absolute atomic E-state index is 0.186. The highest BCUT2D eigenvalue weighted by atomic mass is 16.5. The first-order valence-electron chi connectivity index (χ1n) is 7.56. The SMILES string of the molecule is Cc1c(C(=O)N(CC(=O)O)C(C)C)cnn1C1CCOCC1. The van der Waals surface area contributed by atoms with Crippen molar-refractivity contribution < 1.29 is 19.4 Å². The van der Waals surface area contributed by atoms with Gasteiger partial charge in [0.15, 0.2) is 0 Å². The zero-order chi connectivity index (χ0) is 16.3. The number of carboxylic acids is 1. The van der Waals surface area contributed by atoms with Gasteiger partial charge in [-0.1, -0.05) is 0 Å². The first kappa shape index (κ1) is 16.5. The Morgan fingerprint density at radius 1 is 1.45 bits per heavy atom. The molecule has 1 saturated heterocycles. The Morgan fingerprint density at radius 2 is 2.09 bits per heavy atom. The molecule has 7 nitrogen and oxygen atoms in total. The lowest BCUT2D eigenvalue weighted by molar-refractivity contribution is -0.138. The van der Waals surface area contributed by atoms with Crippen LogP contribution in [0.2, 0.25) is 0 Å². The predicted molar refractivity (Wildman–Crippen MR) is 79.9 cm³/mol. The molecule has 1 N–H and O–H groups in total. The zero-order valence-corrected chi connectivity index (χ0v) is 13.3. The number of carbonyl (C=O) groups is 2. The smallest absolute Gasteiger partial charge is 0.323 e. The van der Waals surface area contributed by atoms with Crippen LogP contribution in [-0.2, 0) is 9.53 Å². The van der Waals surface area contributed by atoms with Crippen LogP contribution in [0.4, 0.5) is 0 Å². The first-order chi connectivity index (χ1) is 10.4. The van der Waals surface area contributed by atoms with Gasteiger partial charge in [0.05, 0.1) is 17.8 Å². The molecule has 2 heterocycles. The van der Waals surface area contributed by atoms with Gasteiger partial charge in [-0.2, -0.15) is 5.10 Å². The Morgan fingerprint density at radius 3 is 2.64 bits per heavy atom. The van der Waals surface area contributed by atoms with E-state index in [-0.39, 0.29) is 24.5 Å². The van der Waals surface area contributed by atoms with Crippen molar-refractivity contribution >= 4 is 11.9 Å². The minimum atomic E-state index is -1.02. The molecular formula is C15H23N3O4. The Kier molecular flexibility index (Phi) is 5.18. The van der Waals surface area contributed by atoms with Gasteiger partial charge in [0.2, 0.25) is 0 Å². The minimum Gasteiger partial charge on any atom is -0.480 e. The largest absolute Gasteiger partial charge is 0.480 e. The highest BCUT2D eigenvalue weighted by Gasteiger charge is 2.26. The van der Waals surface area contributed by atoms with Gasteiger partial charge in [-0.05, 0) is 33.6 Å². The third-order valence-corrected chi connectivity index (χ3v) is 4.00. The third kappa shape index (κ3) is 3.47. The quantitative estimate of drug-likeness (QED) is 0.890. The summed E-state index contributed by atoms with van der Waals surface area (Å²) in [7, 11) is 0. The molecule has 0 bridgehead atoms. The monoisotopic (exact) mass is 309 g/mol. The zero-order valence-electron chi connectivity index (χ0n) is 13.3. The third-order valence-electron chi connectivity index (χ3n) is 4.00. The predicted octanol–water partition coefficient (Wildman–Crippen LogP) is 1.48. The molecule has 0 unspecified atom stereocenters. The fraction of sp³-hybridized carbons (Fsp3) is 0.667. The van der Waals surface area contributed by atoms with Gasteiger partial charge >= 0.3 is 5.97 Å². The maximum absolute atomic E-state index is 12.6. The summed E-state index contributed by atoms with van der Waals surface area (Å²) in [5.74, 6) is -1.30. The van der Waals surface area contributed by atoms with Gasteiger partial charge in [0, 0.05) is 24.9 Å². The molecule has 0 saturated carbocycles. The number of hydrogen-bond donors (Lipinski definition) is 1. The van der Waals surface area contributed by atoms with Crippen LogP contribution in [0, 0.1) is 6.92 Å². The van der Waals surface area contributed by atoms with Crippen LogP contribution in [-0.4, -0.2) is 57.5 Å². The molecule has 0 radical (unpaired) electrons. The fourth-order valence-corrected chi connectivity index (χ4v) is 2.72. The summed E-state index contributed by atoms with van der Waals surface area (Å²) in [4.78, 5) is 24.9. The van der Waals surface area contributed by atoms with Crippen LogP contribution in [0.25, 0.3) is 0 Å². The molecule has 1 aromatic heterocycles. The molecule has 7 heteroatoms. The number of aliphatic carboxylic acids is 1. The van der Waals surface area contributed by atoms with Gasteiger partial charge in [-0.15, -0.1) is 0 Å². The van der Waals surface area contributed by atoms with Crippen LogP contribution in [0.15, 0.2) is 6.20 Å². The Bertz CT molecular complexity index is 547. The van der Waals surface area contributed by atoms with E-state index >= 15 is 0 Å². The van der Waals surface area contributed by atoms with Gasteiger partial charge < -0.3 is 14.7 Å². The maximum Gasteiger partial charge on any atom is 0.323 e. The Balaban J connectivity index is 2.22. The van der Waals surface area contributed by atoms with Crippen LogP contribution >= 0.6 is 0 Å². The summed E-state index contributed by atoms with van der Waals surface area (Å²) in [5.41, 5.74) is 1.26. The summed E-state index contributed by atoms with van der Waals surface area (Å²) in [6, 6.07) is 0.0525. The van der Waals surface area contributed by atoms with Crippen LogP contribution < -0.4 is 0 Å². The van der Waals surface area contributed by atoms with Crippen molar-refractivity contribution in [3.05, 3.63) is 17.5 Å². The van der Waals surface area contributed by atoms with Crippen molar-refractivity contribution in [3.63, 3.8) is 0 Å². The van der Waals surface area contributed by atoms with Gasteiger partial charge in [0.1, 0.15) is 6.54 Å². The summed E-state index contributed by atoms with van der Waals surface area (Å²) < 4.78 is 7.22. The highest BCUT2D eigenvalue weighted by Crippen LogP contribution is 2.24. The van der Waals surface area contributed by atoms with Gasteiger partial charge in [-0.3, -0.25) is 14.3 Å². The summed E-state index contributed by atoms with van der Waals surface area (Å²) >= 11 is 0. The fourth-order valence-electron chi connectivity index (χ4n) is 2.72. The molecule has 0 aliphatic carbocycles. The van der Waals surface area contributed by atoms with E-state index in [2.05, 4.69) is 5.10 Å². The number of rotatable bonds is 5. The van der Waals surface area contributed by atoms with E-state index in [4.69, 9.17) is 9.84 Å². The van der Waals surface area contributed by atoms with E-state index in [0.717, 1.165) is 18.5 Å². The summed E-state index contributed by atoms with van der Waals surface area (Å²) in [6.07, 6.45) is 3.29. The molecule has 2 rings (SSSR count). The van der Waals surface area contributed by atoms with E-state index in [1.54, 1.807) is 20.0 Å². The standard InChI is InChI=1S/C15H23N3O4/c1-10(2)17(9-14(19)20)15(21)13-8-16-18(11(13)3)12-4-6-22-7-5-12/h8,10,12H,4-7,9H2,1-3H3,(H,19,20). The number of amides is 1. The number of nitrogens with zero attached hydrogens (tertiary/aromatic N) is 3. The topological polar surface area (TPSA) is 84.7 Å². The lowest BCUT2D eigenvalue weighted by atomic mass is 10.1. The van der Waals surface area contributed by atoms with E-state index in [0.29, 0.717) is 18.8 Å². The molecule has 22 heavy (non-hydrogen) atoms. The molecule has 1 aromatic rings. The molecule has 122 valence electrons. The second kappa shape index (κ2) is 6.91. The molecule has 0 atom stereocenters. The number of carbonyl (C=O) groups excluding carboxylic acids is 1. The molecule has 0 spiro atoms. The first-order valence-corrected chi connectivity index (χ1v) is 7.56. The average Bonchev–Trinajstić information content (AvgIpc) is 2.86. The molecule has 0 aromatic carbocycles. The molecule has 1 amide bonds. The van der Waals surface area contributed by atoms with Crippen molar-refractivity contribution in [2.75, 3.05) is 19.8 Å². The highest BCUT2D eigenvalue weighted by molar-refractivity contribution is 5.96. The van der Waals surface area contributed by atoms with E-state index in [9.17, 15) is 9.59 Å². The lowest BCUT2D eigenvalue weighted by Gasteiger charge is -2.26. The number of aromatic nitrogens is 2. The number of ether oxygens (including phenoxy) is 1. The van der Waals surface area contributed by atoms with Gasteiger partial charge in [-0.25, -0.2) is 0 Å². The average molecular weight is 309 g/mol. The molecular weight excluding hydrogens is 286 g/mol. The van der Waals surface area contributed by atoms with Crippen LogP contribution in [0.5, 0.6) is 0 Å². The van der Waals surface area contributed by atoms with E-state index in [1.807, 2.05) is 11.6 Å². The summed E-state index contributed by atoms with van der Waals surface area (Å²) in [6.45, 7) is 6.56. The lowest BCUT2D eigenvalue weighted by Crippen LogP contribution is -2.40. The molecule has 1 aliphatic heterocycles. The van der Waals surface area contributed by atoms with Crippen LogP contribution in [0.1, 0.15) is 48.8 Å². The Labute approximate surface area is 129 Å². The summed E-state index contributed by atoms with van der Waals surface area (Å²) in [5, 5.41) is 13.3. The normalized spacial score (nSPS) is 16.0. The van der Waals surface area contributed by atoms with Crippen molar-refractivity contribution in [1.82, 2.24) is 14.7 Å². The second-order valence-electron chi connectivity index (χ2n) is 5.85. The molecule has 1 aliphatic rings. The number of carboxylic acid groups (broad SMARTS) is 1. The van der Waals surface area contributed by atoms with Gasteiger partial charge in [0.25, 0.3) is 5.91 Å². The van der Waals surface area contributed by atoms with Crippen molar-refractivity contribution in [2.24, 2.45) is 0 Å². The number of hydrogen-bond acceptors (Lipinski definition) is 4.